The number of Topliss-reactive ketones (excluding diaryl/α,β-unsaturated/α-hetero) is 1. The van der Waals surface area contributed by atoms with E-state index in [0.717, 1.165) is 5.39 Å². The van der Waals surface area contributed by atoms with Crippen molar-refractivity contribution in [3.8, 4) is 6.07 Å². The van der Waals surface area contributed by atoms with E-state index in [1.807, 2.05) is 24.3 Å². The molecule has 11 nitrogen and oxygen atoms in total. The Morgan fingerprint density at radius 3 is 2.20 bits per heavy atom. The van der Waals surface area contributed by atoms with Gasteiger partial charge in [0.1, 0.15) is 12.1 Å². The zero-order chi connectivity index (χ0) is 34.8. The summed E-state index contributed by atoms with van der Waals surface area (Å²) >= 11 is 0. The number of amides is 3. The molecule has 5 aromatic rings. The van der Waals surface area contributed by atoms with Crippen LogP contribution in [-0.2, 0) is 9.59 Å². The van der Waals surface area contributed by atoms with E-state index < -0.39 is 41.9 Å². The molecule has 254 valence electrons. The fourth-order valence-corrected chi connectivity index (χ4v) is 6.30. The zero-order valence-electron chi connectivity index (χ0n) is 27.9. The summed E-state index contributed by atoms with van der Waals surface area (Å²) in [5.41, 5.74) is 3.67. The molecule has 0 spiro atoms. The molecule has 4 aromatic carbocycles. The maximum absolute atomic E-state index is 15.2. The van der Waals surface area contributed by atoms with Crippen molar-refractivity contribution < 1.29 is 19.2 Å². The molecule has 2 heterocycles. The summed E-state index contributed by atoms with van der Waals surface area (Å²) in [6, 6.07) is 26.5. The SMILES string of the molecule is CNC(C)C(=O)NC1C(=O)N([C@@H](c2ccccc2C#N)c2[nH]nc3ccccc23)c2ccccc2N(C(=O)c2ccc(C(C)=O)cc2)C1C.Cl. The maximum atomic E-state index is 15.2. The molecule has 0 radical (unpaired) electrons. The summed E-state index contributed by atoms with van der Waals surface area (Å²) in [5, 5.41) is 24.5. The molecular weight excluding hydrogens is 654 g/mol. The topological polar surface area (TPSA) is 151 Å². The lowest BCUT2D eigenvalue weighted by atomic mass is 9.93. The van der Waals surface area contributed by atoms with Gasteiger partial charge in [0.15, 0.2) is 5.78 Å². The van der Waals surface area contributed by atoms with Gasteiger partial charge in [-0.2, -0.15) is 10.4 Å². The number of fused-ring (bicyclic) bond motifs is 2. The van der Waals surface area contributed by atoms with Gasteiger partial charge in [-0.15, -0.1) is 12.4 Å². The van der Waals surface area contributed by atoms with E-state index >= 15 is 4.79 Å². The van der Waals surface area contributed by atoms with Crippen molar-refractivity contribution in [2.45, 2.75) is 44.9 Å². The van der Waals surface area contributed by atoms with Gasteiger partial charge in [0.05, 0.1) is 46.3 Å². The first-order valence-electron chi connectivity index (χ1n) is 15.9. The second kappa shape index (κ2) is 14.7. The number of nitriles is 1. The number of para-hydroxylation sites is 3. The van der Waals surface area contributed by atoms with E-state index in [1.54, 1.807) is 98.6 Å². The van der Waals surface area contributed by atoms with Gasteiger partial charge in [0.25, 0.3) is 11.8 Å². The fourth-order valence-electron chi connectivity index (χ4n) is 6.30. The molecule has 50 heavy (non-hydrogen) atoms. The molecule has 3 amide bonds. The third-order valence-corrected chi connectivity index (χ3v) is 9.07. The smallest absolute Gasteiger partial charge is 0.258 e. The summed E-state index contributed by atoms with van der Waals surface area (Å²) in [7, 11) is 1.64. The zero-order valence-corrected chi connectivity index (χ0v) is 28.7. The number of hydrogen-bond acceptors (Lipinski definition) is 7. The number of benzene rings is 4. The number of carbonyl (C=O) groups is 4. The number of rotatable bonds is 8. The summed E-state index contributed by atoms with van der Waals surface area (Å²) in [6.07, 6.45) is 0. The van der Waals surface area contributed by atoms with Crippen LogP contribution < -0.4 is 20.4 Å². The number of H-pyrrole nitrogens is 1. The number of halogens is 1. The van der Waals surface area contributed by atoms with E-state index in [2.05, 4.69) is 26.9 Å². The summed E-state index contributed by atoms with van der Waals surface area (Å²) < 4.78 is 0. The van der Waals surface area contributed by atoms with Gasteiger partial charge in [-0.3, -0.25) is 29.2 Å². The van der Waals surface area contributed by atoms with Crippen LogP contribution in [0.3, 0.4) is 0 Å². The lowest BCUT2D eigenvalue weighted by Gasteiger charge is -2.34. The summed E-state index contributed by atoms with van der Waals surface area (Å²) in [4.78, 5) is 58.3. The standard InChI is InChI=1S/C38H35N7O4.ClH/c1-22(40-4)36(47)41-33-23(2)44(37(48)26-19-17-25(18-20-26)24(3)46)31-15-9-10-16-32(31)45(38(33)49)35(28-12-6-5-11-27(28)21-39)34-29-13-7-8-14-30(29)42-43-34;/h5-20,22-23,33,35,40H,1-4H3,(H,41,47)(H,42,43);1H/t22?,23?,33?,35-;/m0./s1. The number of nitrogens with one attached hydrogen (secondary N) is 3. The Bertz CT molecular complexity index is 2120. The highest BCUT2D eigenvalue weighted by Crippen LogP contribution is 2.44. The van der Waals surface area contributed by atoms with Gasteiger partial charge >= 0.3 is 0 Å². The van der Waals surface area contributed by atoms with Crippen LogP contribution in [-0.4, -0.2) is 58.9 Å². The molecule has 0 bridgehead atoms. The Kier molecular flexibility index (Phi) is 10.5. The number of aromatic amines is 1. The third kappa shape index (κ3) is 6.34. The predicted octanol–water partition coefficient (Wildman–Crippen LogP) is 5.32. The normalized spacial score (nSPS) is 16.7. The number of aromatic nitrogens is 2. The number of carbonyl (C=O) groups excluding carboxylic acids is 4. The average Bonchev–Trinajstić information content (AvgIpc) is 3.53. The number of hydrogen-bond donors (Lipinski definition) is 3. The van der Waals surface area contributed by atoms with Gasteiger partial charge in [-0.25, -0.2) is 0 Å². The molecular formula is C38H36ClN7O4. The molecule has 3 N–H and O–H groups in total. The van der Waals surface area contributed by atoms with Gasteiger partial charge in [-0.05, 0) is 69.8 Å². The number of nitrogens with zero attached hydrogens (tertiary/aromatic N) is 4. The fraction of sp³-hybridized carbons (Fsp3) is 0.211. The Morgan fingerprint density at radius 1 is 0.900 bits per heavy atom. The van der Waals surface area contributed by atoms with Crippen LogP contribution in [0.5, 0.6) is 0 Å². The Balaban J connectivity index is 0.00000486. The van der Waals surface area contributed by atoms with Crippen LogP contribution in [0.25, 0.3) is 10.9 Å². The predicted molar refractivity (Wildman–Crippen MR) is 193 cm³/mol. The monoisotopic (exact) mass is 689 g/mol. The van der Waals surface area contributed by atoms with Crippen LogP contribution in [0.1, 0.15) is 64.3 Å². The van der Waals surface area contributed by atoms with E-state index in [4.69, 9.17) is 0 Å². The van der Waals surface area contributed by atoms with Gasteiger partial charge < -0.3 is 15.5 Å². The van der Waals surface area contributed by atoms with Crippen LogP contribution >= 0.6 is 12.4 Å². The molecule has 6 rings (SSSR count). The van der Waals surface area contributed by atoms with Crippen molar-refractivity contribution in [1.29, 1.82) is 5.26 Å². The van der Waals surface area contributed by atoms with E-state index in [1.165, 1.54) is 11.8 Å². The summed E-state index contributed by atoms with van der Waals surface area (Å²) in [6.45, 7) is 4.85. The molecule has 0 fully saturated rings. The molecule has 1 aromatic heterocycles. The quantitative estimate of drug-likeness (QED) is 0.187. The first-order chi connectivity index (χ1) is 23.7. The maximum Gasteiger partial charge on any atom is 0.258 e. The minimum atomic E-state index is -1.22. The second-order valence-corrected chi connectivity index (χ2v) is 12.0. The van der Waals surface area contributed by atoms with Crippen molar-refractivity contribution in [2.75, 3.05) is 16.8 Å². The minimum Gasteiger partial charge on any atom is -0.341 e. The van der Waals surface area contributed by atoms with Crippen molar-refractivity contribution in [3.63, 3.8) is 0 Å². The number of ketones is 1. The summed E-state index contributed by atoms with van der Waals surface area (Å²) in [5.74, 6) is -1.48. The van der Waals surface area contributed by atoms with Crippen molar-refractivity contribution in [1.82, 2.24) is 20.8 Å². The van der Waals surface area contributed by atoms with Gasteiger partial charge in [0, 0.05) is 16.5 Å². The molecule has 0 aliphatic carbocycles. The third-order valence-electron chi connectivity index (χ3n) is 9.07. The number of anilines is 2. The molecule has 3 unspecified atom stereocenters. The average molecular weight is 690 g/mol. The van der Waals surface area contributed by atoms with Crippen molar-refractivity contribution in [3.05, 3.63) is 125 Å². The molecule has 1 aliphatic rings. The van der Waals surface area contributed by atoms with Crippen molar-refractivity contribution in [2.24, 2.45) is 0 Å². The molecule has 12 heteroatoms. The highest BCUT2D eigenvalue weighted by atomic mass is 35.5. The first kappa shape index (κ1) is 35.5. The highest BCUT2D eigenvalue weighted by molar-refractivity contribution is 6.14. The van der Waals surface area contributed by atoms with Crippen LogP contribution in [0.4, 0.5) is 11.4 Å². The van der Waals surface area contributed by atoms with E-state index in [-0.39, 0.29) is 18.2 Å². The Hall–Kier alpha value is -5.83. The minimum absolute atomic E-state index is 0. The first-order valence-corrected chi connectivity index (χ1v) is 15.9. The molecule has 0 saturated heterocycles. The van der Waals surface area contributed by atoms with Crippen LogP contribution in [0, 0.1) is 11.3 Å². The Morgan fingerprint density at radius 2 is 1.52 bits per heavy atom. The molecule has 4 atom stereocenters. The van der Waals surface area contributed by atoms with E-state index in [0.29, 0.717) is 44.8 Å². The van der Waals surface area contributed by atoms with Gasteiger partial charge in [-0.1, -0.05) is 60.7 Å². The highest BCUT2D eigenvalue weighted by Gasteiger charge is 2.46. The largest absolute Gasteiger partial charge is 0.341 e. The van der Waals surface area contributed by atoms with Gasteiger partial charge in [0.2, 0.25) is 5.91 Å². The molecule has 1 aliphatic heterocycles. The van der Waals surface area contributed by atoms with Crippen molar-refractivity contribution >= 4 is 58.2 Å². The van der Waals surface area contributed by atoms with E-state index in [9.17, 15) is 19.6 Å². The van der Waals surface area contributed by atoms with Crippen LogP contribution in [0.15, 0.2) is 97.1 Å². The van der Waals surface area contributed by atoms with Crippen LogP contribution in [0.2, 0.25) is 0 Å². The lowest BCUT2D eigenvalue weighted by Crippen LogP contribution is -2.60. The second-order valence-electron chi connectivity index (χ2n) is 12.0. The number of likely N-dealkylation sites (N-methyl/N-ethyl adjacent to an activating group) is 1. The molecule has 0 saturated carbocycles. The Labute approximate surface area is 295 Å². The lowest BCUT2D eigenvalue weighted by molar-refractivity contribution is -0.129.